The van der Waals surface area contributed by atoms with Gasteiger partial charge in [-0.3, -0.25) is 0 Å². The highest BCUT2D eigenvalue weighted by atomic mass is 32.2. The number of sulfonamides is 1. The van der Waals surface area contributed by atoms with Gasteiger partial charge in [0.2, 0.25) is 0 Å². The molecule has 7 heteroatoms. The second-order valence-corrected chi connectivity index (χ2v) is 10.7. The molecule has 4 nitrogen and oxygen atoms in total. The fourth-order valence-corrected chi connectivity index (χ4v) is 6.90. The van der Waals surface area contributed by atoms with Gasteiger partial charge in [0.1, 0.15) is 4.21 Å². The number of nitrogens with one attached hydrogen (secondary N) is 1. The van der Waals surface area contributed by atoms with Crippen LogP contribution in [-0.4, -0.2) is 42.9 Å². The molecule has 0 radical (unpaired) electrons. The second-order valence-electron chi connectivity index (χ2n) is 5.87. The van der Waals surface area contributed by atoms with E-state index in [1.165, 1.54) is 24.2 Å². The molecule has 1 aromatic heterocycles. The van der Waals surface area contributed by atoms with Gasteiger partial charge in [-0.1, -0.05) is 6.92 Å². The van der Waals surface area contributed by atoms with Crippen LogP contribution < -0.4 is 5.32 Å². The molecular formula is C14H22N2O2S3. The summed E-state index contributed by atoms with van der Waals surface area (Å²) in [6, 6.07) is 2.49. The predicted octanol–water partition coefficient (Wildman–Crippen LogP) is 2.43. The molecule has 1 aliphatic carbocycles. The SMILES string of the molecule is Cc1cc(S(=O)(=O)N2CCSC(C)C2)sc1CNC1CC1. The lowest BCUT2D eigenvalue weighted by Gasteiger charge is -2.29. The van der Waals surface area contributed by atoms with Crippen molar-refractivity contribution in [1.82, 2.24) is 9.62 Å². The molecule has 0 spiro atoms. The summed E-state index contributed by atoms with van der Waals surface area (Å²) in [5.74, 6) is 0.890. The van der Waals surface area contributed by atoms with E-state index in [0.29, 0.717) is 28.6 Å². The largest absolute Gasteiger partial charge is 0.309 e. The predicted molar refractivity (Wildman–Crippen MR) is 89.6 cm³/mol. The summed E-state index contributed by atoms with van der Waals surface area (Å²) in [5, 5.41) is 3.84. The van der Waals surface area contributed by atoms with Crippen LogP contribution in [0.25, 0.3) is 0 Å². The van der Waals surface area contributed by atoms with E-state index >= 15 is 0 Å². The van der Waals surface area contributed by atoms with Gasteiger partial charge in [0, 0.05) is 41.6 Å². The van der Waals surface area contributed by atoms with Crippen molar-refractivity contribution in [2.45, 2.75) is 48.7 Å². The zero-order chi connectivity index (χ0) is 15.0. The van der Waals surface area contributed by atoms with E-state index in [4.69, 9.17) is 0 Å². The van der Waals surface area contributed by atoms with Crippen molar-refractivity contribution in [2.75, 3.05) is 18.8 Å². The molecule has 0 amide bonds. The molecule has 1 saturated heterocycles. The Balaban J connectivity index is 1.76. The monoisotopic (exact) mass is 346 g/mol. The maximum atomic E-state index is 12.8. The Kier molecular flexibility index (Phi) is 4.66. The average molecular weight is 347 g/mol. The van der Waals surface area contributed by atoms with Gasteiger partial charge in [-0.2, -0.15) is 16.1 Å². The fraction of sp³-hybridized carbons (Fsp3) is 0.714. The van der Waals surface area contributed by atoms with Crippen molar-refractivity contribution in [3.8, 4) is 0 Å². The zero-order valence-electron chi connectivity index (χ0n) is 12.5. The number of rotatable bonds is 5. The summed E-state index contributed by atoms with van der Waals surface area (Å²) in [7, 11) is -3.31. The van der Waals surface area contributed by atoms with Crippen molar-refractivity contribution in [3.63, 3.8) is 0 Å². The second kappa shape index (κ2) is 6.20. The van der Waals surface area contributed by atoms with E-state index in [2.05, 4.69) is 12.2 Å². The number of thiophene rings is 1. The normalized spacial score (nSPS) is 24.4. The van der Waals surface area contributed by atoms with E-state index in [1.807, 2.05) is 24.8 Å². The Morgan fingerprint density at radius 3 is 2.86 bits per heavy atom. The van der Waals surface area contributed by atoms with E-state index < -0.39 is 10.0 Å². The molecule has 0 aromatic carbocycles. The van der Waals surface area contributed by atoms with Crippen molar-refractivity contribution >= 4 is 33.1 Å². The lowest BCUT2D eigenvalue weighted by Crippen LogP contribution is -2.40. The third kappa shape index (κ3) is 3.64. The summed E-state index contributed by atoms with van der Waals surface area (Å²) in [5.41, 5.74) is 1.09. The van der Waals surface area contributed by atoms with Crippen LogP contribution in [0.1, 0.15) is 30.2 Å². The maximum Gasteiger partial charge on any atom is 0.252 e. The highest BCUT2D eigenvalue weighted by Gasteiger charge is 2.31. The van der Waals surface area contributed by atoms with Crippen molar-refractivity contribution < 1.29 is 8.42 Å². The summed E-state index contributed by atoms with van der Waals surface area (Å²) in [6.07, 6.45) is 2.50. The Labute approximate surface area is 135 Å². The minimum Gasteiger partial charge on any atom is -0.309 e. The number of thioether (sulfide) groups is 1. The first-order chi connectivity index (χ1) is 9.96. The molecule has 118 valence electrons. The smallest absolute Gasteiger partial charge is 0.252 e. The minimum atomic E-state index is -3.31. The molecule has 1 saturated carbocycles. The number of nitrogens with zero attached hydrogens (tertiary/aromatic N) is 1. The average Bonchev–Trinajstić information content (AvgIpc) is 3.19. The summed E-state index contributed by atoms with van der Waals surface area (Å²) >= 11 is 3.28. The van der Waals surface area contributed by atoms with Crippen molar-refractivity contribution in [1.29, 1.82) is 0 Å². The molecule has 1 atom stereocenters. The quantitative estimate of drug-likeness (QED) is 0.890. The molecule has 3 rings (SSSR count). The Bertz CT molecular complexity index is 608. The minimum absolute atomic E-state index is 0.380. The topological polar surface area (TPSA) is 49.4 Å². The Hall–Kier alpha value is -0.0800. The van der Waals surface area contributed by atoms with Gasteiger partial charge in [0.25, 0.3) is 10.0 Å². The third-order valence-electron chi connectivity index (χ3n) is 3.92. The van der Waals surface area contributed by atoms with Crippen LogP contribution in [0, 0.1) is 6.92 Å². The van der Waals surface area contributed by atoms with Crippen LogP contribution in [-0.2, 0) is 16.6 Å². The zero-order valence-corrected chi connectivity index (χ0v) is 14.9. The first kappa shape index (κ1) is 15.8. The molecule has 1 aliphatic heterocycles. The molecule has 2 aliphatic rings. The van der Waals surface area contributed by atoms with Gasteiger partial charge in [-0.05, 0) is 31.4 Å². The highest BCUT2D eigenvalue weighted by Crippen LogP contribution is 2.31. The molecule has 2 fully saturated rings. The number of aryl methyl sites for hydroxylation is 1. The van der Waals surface area contributed by atoms with Crippen LogP contribution >= 0.6 is 23.1 Å². The van der Waals surface area contributed by atoms with Crippen LogP contribution in [0.3, 0.4) is 0 Å². The molecule has 21 heavy (non-hydrogen) atoms. The van der Waals surface area contributed by atoms with E-state index in [1.54, 1.807) is 4.31 Å². The highest BCUT2D eigenvalue weighted by molar-refractivity contribution is 8.00. The van der Waals surface area contributed by atoms with Gasteiger partial charge in [-0.15, -0.1) is 11.3 Å². The number of hydrogen-bond acceptors (Lipinski definition) is 5. The van der Waals surface area contributed by atoms with Crippen LogP contribution in [0.2, 0.25) is 0 Å². The molecule has 0 bridgehead atoms. The van der Waals surface area contributed by atoms with Gasteiger partial charge < -0.3 is 5.32 Å². The summed E-state index contributed by atoms with van der Waals surface area (Å²) in [4.78, 5) is 1.15. The van der Waals surface area contributed by atoms with Crippen LogP contribution in [0.4, 0.5) is 0 Å². The summed E-state index contributed by atoms with van der Waals surface area (Å²) < 4.78 is 27.7. The Morgan fingerprint density at radius 1 is 1.43 bits per heavy atom. The Morgan fingerprint density at radius 2 is 2.19 bits per heavy atom. The fourth-order valence-electron chi connectivity index (χ4n) is 2.45. The van der Waals surface area contributed by atoms with E-state index in [-0.39, 0.29) is 0 Å². The van der Waals surface area contributed by atoms with Crippen molar-refractivity contribution in [3.05, 3.63) is 16.5 Å². The standard InChI is InChI=1S/C14H22N2O2S3/c1-10-7-14(20-13(10)8-15-12-3-4-12)21(17,18)16-5-6-19-11(2)9-16/h7,11-12,15H,3-6,8-9H2,1-2H3. The molecule has 1 unspecified atom stereocenters. The first-order valence-corrected chi connectivity index (χ1v) is 10.7. The molecule has 1 N–H and O–H groups in total. The molecule has 1 aromatic rings. The first-order valence-electron chi connectivity index (χ1n) is 7.41. The van der Waals surface area contributed by atoms with Crippen LogP contribution in [0.15, 0.2) is 10.3 Å². The van der Waals surface area contributed by atoms with Crippen molar-refractivity contribution in [2.24, 2.45) is 0 Å². The summed E-state index contributed by atoms with van der Waals surface area (Å²) in [6.45, 7) is 6.15. The maximum absolute atomic E-state index is 12.8. The van der Waals surface area contributed by atoms with E-state index in [9.17, 15) is 8.42 Å². The third-order valence-corrected chi connectivity index (χ3v) is 8.61. The van der Waals surface area contributed by atoms with E-state index in [0.717, 1.165) is 22.7 Å². The molecule has 2 heterocycles. The molecular weight excluding hydrogens is 324 g/mol. The lowest BCUT2D eigenvalue weighted by molar-refractivity contribution is 0.425. The van der Waals surface area contributed by atoms with Gasteiger partial charge >= 0.3 is 0 Å². The van der Waals surface area contributed by atoms with Gasteiger partial charge in [0.15, 0.2) is 0 Å². The van der Waals surface area contributed by atoms with Gasteiger partial charge in [0.05, 0.1) is 0 Å². The lowest BCUT2D eigenvalue weighted by atomic mass is 10.3. The number of hydrogen-bond donors (Lipinski definition) is 1. The van der Waals surface area contributed by atoms with Crippen LogP contribution in [0.5, 0.6) is 0 Å². The van der Waals surface area contributed by atoms with Gasteiger partial charge in [-0.25, -0.2) is 8.42 Å².